The van der Waals surface area contributed by atoms with E-state index in [1.807, 2.05) is 16.9 Å². The molecule has 1 saturated heterocycles. The van der Waals surface area contributed by atoms with E-state index in [9.17, 15) is 13.2 Å². The van der Waals surface area contributed by atoms with Gasteiger partial charge in [0.2, 0.25) is 5.95 Å². The third kappa shape index (κ3) is 6.32. The van der Waals surface area contributed by atoms with Gasteiger partial charge in [-0.05, 0) is 45.8 Å². The SMILES string of the molecule is CC(C)n1ncc2ccc(-c3nc(NC4CCNCC4)ncc3Cl)cc21.O=C(O)C(F)(F)F. The summed E-state index contributed by atoms with van der Waals surface area (Å²) in [4.78, 5) is 18.0. The summed E-state index contributed by atoms with van der Waals surface area (Å²) in [6, 6.07) is 6.90. The van der Waals surface area contributed by atoms with Gasteiger partial charge in [0, 0.05) is 23.0 Å². The minimum atomic E-state index is -5.08. The number of halogens is 4. The van der Waals surface area contributed by atoms with Gasteiger partial charge in [0.05, 0.1) is 28.6 Å². The highest BCUT2D eigenvalue weighted by Gasteiger charge is 2.38. The number of anilines is 1. The molecule has 1 aliphatic rings. The Bertz CT molecular complexity index is 1110. The number of alkyl halides is 3. The molecule has 12 heteroatoms. The molecule has 0 atom stereocenters. The van der Waals surface area contributed by atoms with Crippen LogP contribution in [0.3, 0.4) is 0 Å². The number of rotatable bonds is 4. The number of aromatic nitrogens is 4. The molecule has 1 aliphatic heterocycles. The molecule has 3 N–H and O–H groups in total. The third-order valence-electron chi connectivity index (χ3n) is 5.02. The lowest BCUT2D eigenvalue weighted by Gasteiger charge is -2.23. The fourth-order valence-electron chi connectivity index (χ4n) is 3.38. The monoisotopic (exact) mass is 484 g/mol. The molecular weight excluding hydrogens is 461 g/mol. The Balaban J connectivity index is 0.000000383. The van der Waals surface area contributed by atoms with Gasteiger partial charge in [0.15, 0.2) is 0 Å². The highest BCUT2D eigenvalue weighted by molar-refractivity contribution is 6.33. The average Bonchev–Trinajstić information content (AvgIpc) is 3.19. The zero-order valence-electron chi connectivity index (χ0n) is 18.0. The number of carboxylic acid groups (broad SMARTS) is 1. The molecule has 0 saturated carbocycles. The molecule has 1 aromatic carbocycles. The number of aliphatic carboxylic acids is 1. The Morgan fingerprint density at radius 3 is 2.55 bits per heavy atom. The summed E-state index contributed by atoms with van der Waals surface area (Å²) in [6.07, 6.45) is 0.629. The standard InChI is InChI=1S/C19H23ClN6.C2HF3O2/c1-12(2)26-17-9-13(3-4-14(17)10-23-26)18-16(20)11-22-19(25-18)24-15-5-7-21-8-6-15;3-2(4,5)1(6)7/h3-4,9-12,15,21H,5-8H2,1-2H3,(H,22,24,25);(H,6,7). The molecule has 4 rings (SSSR count). The first kappa shape index (κ1) is 24.7. The highest BCUT2D eigenvalue weighted by atomic mass is 35.5. The average molecular weight is 485 g/mol. The third-order valence-corrected chi connectivity index (χ3v) is 5.30. The summed E-state index contributed by atoms with van der Waals surface area (Å²) in [6.45, 7) is 6.29. The van der Waals surface area contributed by atoms with E-state index >= 15 is 0 Å². The minimum absolute atomic E-state index is 0.292. The van der Waals surface area contributed by atoms with Crippen molar-refractivity contribution in [1.82, 2.24) is 25.1 Å². The Labute approximate surface area is 193 Å². The molecule has 0 radical (unpaired) electrons. The number of hydrogen-bond donors (Lipinski definition) is 3. The maximum absolute atomic E-state index is 10.6. The van der Waals surface area contributed by atoms with E-state index in [4.69, 9.17) is 26.5 Å². The molecule has 33 heavy (non-hydrogen) atoms. The predicted octanol–water partition coefficient (Wildman–Crippen LogP) is 4.52. The molecule has 1 fully saturated rings. The van der Waals surface area contributed by atoms with E-state index in [1.165, 1.54) is 0 Å². The largest absolute Gasteiger partial charge is 0.490 e. The Morgan fingerprint density at radius 2 is 1.94 bits per heavy atom. The zero-order chi connectivity index (χ0) is 24.2. The van der Waals surface area contributed by atoms with Crippen LogP contribution in [0.15, 0.2) is 30.6 Å². The van der Waals surface area contributed by atoms with E-state index in [0.29, 0.717) is 23.1 Å². The summed E-state index contributed by atoms with van der Waals surface area (Å²) in [7, 11) is 0. The van der Waals surface area contributed by atoms with Crippen LogP contribution >= 0.6 is 11.6 Å². The maximum Gasteiger partial charge on any atom is 0.490 e. The van der Waals surface area contributed by atoms with E-state index in [0.717, 1.165) is 48.1 Å². The predicted molar refractivity (Wildman–Crippen MR) is 119 cm³/mol. The second-order valence-corrected chi connectivity index (χ2v) is 8.23. The lowest BCUT2D eigenvalue weighted by atomic mass is 10.1. The smallest absolute Gasteiger partial charge is 0.475 e. The Morgan fingerprint density at radius 1 is 1.27 bits per heavy atom. The van der Waals surface area contributed by atoms with Gasteiger partial charge in [0.25, 0.3) is 0 Å². The number of nitrogens with one attached hydrogen (secondary N) is 2. The van der Waals surface area contributed by atoms with Crippen molar-refractivity contribution in [3.63, 3.8) is 0 Å². The number of nitrogens with zero attached hydrogens (tertiary/aromatic N) is 4. The van der Waals surface area contributed by atoms with Gasteiger partial charge in [-0.15, -0.1) is 0 Å². The second kappa shape index (κ2) is 10.3. The topological polar surface area (TPSA) is 105 Å². The second-order valence-electron chi connectivity index (χ2n) is 7.82. The van der Waals surface area contributed by atoms with Crippen molar-refractivity contribution in [2.45, 2.75) is 44.9 Å². The number of carbonyl (C=O) groups is 1. The molecule has 0 amide bonds. The molecule has 3 aromatic rings. The van der Waals surface area contributed by atoms with Crippen molar-refractivity contribution in [3.05, 3.63) is 35.6 Å². The van der Waals surface area contributed by atoms with Crippen molar-refractivity contribution >= 4 is 34.4 Å². The van der Waals surface area contributed by atoms with Crippen LogP contribution in [-0.4, -0.2) is 56.1 Å². The van der Waals surface area contributed by atoms with Crippen molar-refractivity contribution in [1.29, 1.82) is 0 Å². The molecule has 3 heterocycles. The molecule has 2 aromatic heterocycles. The van der Waals surface area contributed by atoms with E-state index < -0.39 is 12.1 Å². The number of piperidine rings is 1. The summed E-state index contributed by atoms with van der Waals surface area (Å²) in [5, 5.41) is 20.1. The Hall–Kier alpha value is -2.92. The van der Waals surface area contributed by atoms with Crippen LogP contribution in [0.25, 0.3) is 22.2 Å². The molecular formula is C21H24ClF3N6O2. The molecule has 0 spiro atoms. The Kier molecular flexibility index (Phi) is 7.75. The van der Waals surface area contributed by atoms with Gasteiger partial charge in [0.1, 0.15) is 0 Å². The molecule has 8 nitrogen and oxygen atoms in total. The van der Waals surface area contributed by atoms with E-state index in [2.05, 4.69) is 46.7 Å². The molecule has 0 aliphatic carbocycles. The quantitative estimate of drug-likeness (QED) is 0.500. The van der Waals surface area contributed by atoms with Crippen LogP contribution in [0.1, 0.15) is 32.7 Å². The fourth-order valence-corrected chi connectivity index (χ4v) is 3.58. The summed E-state index contributed by atoms with van der Waals surface area (Å²) >= 11 is 6.42. The van der Waals surface area contributed by atoms with Crippen molar-refractivity contribution < 1.29 is 23.1 Å². The van der Waals surface area contributed by atoms with Gasteiger partial charge in [-0.3, -0.25) is 4.68 Å². The number of fused-ring (bicyclic) bond motifs is 1. The lowest BCUT2D eigenvalue weighted by Crippen LogP contribution is -2.35. The molecule has 178 valence electrons. The van der Waals surface area contributed by atoms with Crippen molar-refractivity contribution in [3.8, 4) is 11.3 Å². The van der Waals surface area contributed by atoms with Gasteiger partial charge >= 0.3 is 12.1 Å². The maximum atomic E-state index is 10.6. The first-order valence-electron chi connectivity index (χ1n) is 10.3. The van der Waals surface area contributed by atoms with Gasteiger partial charge in [-0.25, -0.2) is 14.8 Å². The van der Waals surface area contributed by atoms with Gasteiger partial charge in [-0.1, -0.05) is 23.7 Å². The minimum Gasteiger partial charge on any atom is -0.475 e. The first-order chi connectivity index (χ1) is 15.6. The number of hydrogen-bond acceptors (Lipinski definition) is 6. The highest BCUT2D eigenvalue weighted by Crippen LogP contribution is 2.30. The van der Waals surface area contributed by atoms with Gasteiger partial charge in [-0.2, -0.15) is 18.3 Å². The number of benzene rings is 1. The summed E-state index contributed by atoms with van der Waals surface area (Å²) < 4.78 is 33.8. The normalized spacial score (nSPS) is 14.8. The van der Waals surface area contributed by atoms with Crippen LogP contribution in [0, 0.1) is 0 Å². The van der Waals surface area contributed by atoms with Crippen LogP contribution in [0.5, 0.6) is 0 Å². The summed E-state index contributed by atoms with van der Waals surface area (Å²) in [5.74, 6) is -2.12. The first-order valence-corrected chi connectivity index (χ1v) is 10.7. The lowest BCUT2D eigenvalue weighted by molar-refractivity contribution is -0.192. The van der Waals surface area contributed by atoms with Crippen LogP contribution < -0.4 is 10.6 Å². The van der Waals surface area contributed by atoms with Gasteiger partial charge < -0.3 is 15.7 Å². The van der Waals surface area contributed by atoms with Crippen molar-refractivity contribution in [2.75, 3.05) is 18.4 Å². The van der Waals surface area contributed by atoms with Crippen molar-refractivity contribution in [2.24, 2.45) is 0 Å². The van der Waals surface area contributed by atoms with E-state index in [-0.39, 0.29) is 0 Å². The molecule has 0 bridgehead atoms. The molecule has 0 unspecified atom stereocenters. The summed E-state index contributed by atoms with van der Waals surface area (Å²) in [5.41, 5.74) is 2.80. The number of carboxylic acids is 1. The van der Waals surface area contributed by atoms with Crippen LogP contribution in [0.2, 0.25) is 5.02 Å². The fraction of sp³-hybridized carbons (Fsp3) is 0.429. The van der Waals surface area contributed by atoms with Crippen LogP contribution in [0.4, 0.5) is 19.1 Å². The van der Waals surface area contributed by atoms with Crippen LogP contribution in [-0.2, 0) is 4.79 Å². The van der Waals surface area contributed by atoms with E-state index in [1.54, 1.807) is 6.20 Å². The zero-order valence-corrected chi connectivity index (χ0v) is 18.8.